The van der Waals surface area contributed by atoms with Crippen molar-refractivity contribution in [3.05, 3.63) is 65.2 Å². The molecule has 2 aromatic carbocycles. The van der Waals surface area contributed by atoms with Gasteiger partial charge in [0.05, 0.1) is 20.2 Å². The molecular formula is C26H31F6N2O2+. The van der Waals surface area contributed by atoms with Crippen LogP contribution in [-0.2, 0) is 12.0 Å². The molecule has 0 saturated carbocycles. The Kier molecular flexibility index (Phi) is 7.98. The largest absolute Gasteiger partial charge is 0.493 e. The molecule has 0 fully saturated rings. The van der Waals surface area contributed by atoms with Crippen molar-refractivity contribution in [2.45, 2.75) is 56.6 Å². The maximum absolute atomic E-state index is 13.4. The number of rotatable bonds is 9. The van der Waals surface area contributed by atoms with Gasteiger partial charge in [-0.25, -0.2) is 0 Å². The van der Waals surface area contributed by atoms with E-state index in [2.05, 4.69) is 29.7 Å². The third-order valence-corrected chi connectivity index (χ3v) is 6.51. The zero-order chi connectivity index (χ0) is 26.8. The average Bonchev–Trinajstić information content (AvgIpc) is 3.04. The molecule has 10 heteroatoms. The number of aliphatic hydroxyl groups is 1. The van der Waals surface area contributed by atoms with Crippen LogP contribution in [0.1, 0.15) is 43.4 Å². The van der Waals surface area contributed by atoms with Crippen LogP contribution in [0, 0.1) is 0 Å². The van der Waals surface area contributed by atoms with Gasteiger partial charge in [-0.3, -0.25) is 9.48 Å². The molecule has 0 radical (unpaired) electrons. The van der Waals surface area contributed by atoms with Crippen molar-refractivity contribution in [3.8, 4) is 5.75 Å². The summed E-state index contributed by atoms with van der Waals surface area (Å²) in [6.07, 6.45) is -8.36. The van der Waals surface area contributed by atoms with Gasteiger partial charge in [-0.2, -0.15) is 26.3 Å². The van der Waals surface area contributed by atoms with E-state index in [0.717, 1.165) is 31.6 Å². The van der Waals surface area contributed by atoms with Crippen molar-refractivity contribution < 1.29 is 40.8 Å². The number of alkyl halides is 6. The molecule has 1 heterocycles. The highest BCUT2D eigenvalue weighted by atomic mass is 19.4. The molecule has 198 valence electrons. The fourth-order valence-corrected chi connectivity index (χ4v) is 4.17. The lowest BCUT2D eigenvalue weighted by Gasteiger charge is -2.33. The van der Waals surface area contributed by atoms with Gasteiger partial charge in [-0.15, -0.1) is 0 Å². The van der Waals surface area contributed by atoms with Gasteiger partial charge in [0.15, 0.2) is 0 Å². The first-order chi connectivity index (χ1) is 16.6. The molecule has 4 nitrogen and oxygen atoms in total. The zero-order valence-electron chi connectivity index (χ0n) is 20.5. The third-order valence-electron chi connectivity index (χ3n) is 6.51. The van der Waals surface area contributed by atoms with Gasteiger partial charge in [0.2, 0.25) is 6.34 Å². The van der Waals surface area contributed by atoms with E-state index in [4.69, 9.17) is 4.74 Å². The van der Waals surface area contributed by atoms with Crippen LogP contribution >= 0.6 is 0 Å². The second kappa shape index (κ2) is 10.3. The molecule has 0 saturated heterocycles. The van der Waals surface area contributed by atoms with Crippen molar-refractivity contribution in [1.82, 2.24) is 4.90 Å². The summed E-state index contributed by atoms with van der Waals surface area (Å²) < 4.78 is 88.5. The Morgan fingerprint density at radius 2 is 1.61 bits per heavy atom. The minimum absolute atomic E-state index is 0.0410. The van der Waals surface area contributed by atoms with E-state index < -0.39 is 23.5 Å². The Morgan fingerprint density at radius 1 is 0.972 bits per heavy atom. The SMILES string of the molecule is CN1C=[N+](CCCCOc2ccc(C(O)(C(F)(F)F)C(F)(F)F)cc2Cc2ccccc2)CC1(C)C. The Bertz CT molecular complexity index is 1050. The molecule has 1 N–H and O–H groups in total. The molecule has 1 aliphatic heterocycles. The van der Waals surface area contributed by atoms with Crippen LogP contribution in [0.25, 0.3) is 0 Å². The fourth-order valence-electron chi connectivity index (χ4n) is 4.17. The number of hydrogen-bond donors (Lipinski definition) is 1. The number of benzene rings is 2. The average molecular weight is 518 g/mol. The Morgan fingerprint density at radius 3 is 2.17 bits per heavy atom. The van der Waals surface area contributed by atoms with Gasteiger partial charge >= 0.3 is 12.4 Å². The van der Waals surface area contributed by atoms with Gasteiger partial charge < -0.3 is 9.84 Å². The van der Waals surface area contributed by atoms with Crippen LogP contribution in [0.3, 0.4) is 0 Å². The lowest BCUT2D eigenvalue weighted by atomic mass is 9.89. The molecule has 2 aromatic rings. The quantitative estimate of drug-likeness (QED) is 0.271. The van der Waals surface area contributed by atoms with Crippen molar-refractivity contribution in [3.63, 3.8) is 0 Å². The van der Waals surface area contributed by atoms with Crippen molar-refractivity contribution in [2.24, 2.45) is 0 Å². The topological polar surface area (TPSA) is 35.7 Å². The summed E-state index contributed by atoms with van der Waals surface area (Å²) in [6.45, 7) is 6.22. The highest BCUT2D eigenvalue weighted by Gasteiger charge is 2.71. The molecule has 0 unspecified atom stereocenters. The summed E-state index contributed by atoms with van der Waals surface area (Å²) in [5, 5.41) is 9.84. The minimum atomic E-state index is -5.95. The maximum atomic E-state index is 13.4. The molecule has 0 aliphatic carbocycles. The van der Waals surface area contributed by atoms with Gasteiger partial charge in [-0.1, -0.05) is 36.4 Å². The second-order valence-corrected chi connectivity index (χ2v) is 9.76. The number of hydrogen-bond acceptors (Lipinski definition) is 3. The molecule has 3 rings (SSSR count). The highest BCUT2D eigenvalue weighted by molar-refractivity contribution is 5.51. The first-order valence-corrected chi connectivity index (χ1v) is 11.6. The van der Waals surface area contributed by atoms with Crippen LogP contribution < -0.4 is 4.74 Å². The molecule has 1 aliphatic rings. The summed E-state index contributed by atoms with van der Waals surface area (Å²) in [6, 6.07) is 11.0. The number of halogens is 6. The highest BCUT2D eigenvalue weighted by Crippen LogP contribution is 2.50. The van der Waals surface area contributed by atoms with E-state index in [9.17, 15) is 31.4 Å². The summed E-state index contributed by atoms with van der Waals surface area (Å²) >= 11 is 0. The van der Waals surface area contributed by atoms with Crippen molar-refractivity contribution in [2.75, 3.05) is 26.7 Å². The number of ether oxygens (including phenoxy) is 1. The first kappa shape index (κ1) is 27.8. The number of likely N-dealkylation sites (N-methyl/N-ethyl adjacent to an activating group) is 1. The molecule has 36 heavy (non-hydrogen) atoms. The molecule has 0 atom stereocenters. The third kappa shape index (κ3) is 5.96. The molecular weight excluding hydrogens is 486 g/mol. The summed E-state index contributed by atoms with van der Waals surface area (Å²) in [4.78, 5) is 2.14. The smallest absolute Gasteiger partial charge is 0.430 e. The normalized spacial score (nSPS) is 16.3. The Hall–Kier alpha value is -2.75. The fraction of sp³-hybridized carbons (Fsp3) is 0.500. The van der Waals surface area contributed by atoms with Crippen LogP contribution in [0.15, 0.2) is 48.5 Å². The Balaban J connectivity index is 1.77. The second-order valence-electron chi connectivity index (χ2n) is 9.76. The van der Waals surface area contributed by atoms with Crippen LogP contribution in [0.2, 0.25) is 0 Å². The van der Waals surface area contributed by atoms with Crippen molar-refractivity contribution >= 4 is 6.34 Å². The van der Waals surface area contributed by atoms with Crippen LogP contribution in [-0.4, -0.2) is 65.6 Å². The van der Waals surface area contributed by atoms with Gasteiger partial charge in [0, 0.05) is 12.0 Å². The molecule has 0 aromatic heterocycles. The standard InChI is InChI=1S/C26H31F6N2O2/c1-23(2)17-34(18-33(23)3)13-7-8-14-36-22-12-11-21(24(35,25(27,28)29)26(30,31)32)16-20(22)15-19-9-5-4-6-10-19/h4-6,9-12,16,18,35H,7-8,13-15,17H2,1-3H3/q+1. The summed E-state index contributed by atoms with van der Waals surface area (Å²) in [5.74, 6) is 0.183. The van der Waals surface area contributed by atoms with Gasteiger partial charge in [0.25, 0.3) is 5.60 Å². The molecule has 0 amide bonds. The van der Waals surface area contributed by atoms with E-state index in [1.807, 2.05) is 7.05 Å². The van der Waals surface area contributed by atoms with Gasteiger partial charge in [0.1, 0.15) is 17.8 Å². The maximum Gasteiger partial charge on any atom is 0.430 e. The number of unbranched alkanes of at least 4 members (excludes halogenated alkanes) is 1. The number of nitrogens with zero attached hydrogens (tertiary/aromatic N) is 2. The minimum Gasteiger partial charge on any atom is -0.493 e. The van der Waals surface area contributed by atoms with E-state index in [1.165, 1.54) is 0 Å². The van der Waals surface area contributed by atoms with E-state index in [-0.39, 0.29) is 29.9 Å². The van der Waals surface area contributed by atoms with Crippen LogP contribution in [0.5, 0.6) is 5.75 Å². The molecule has 0 bridgehead atoms. The van der Waals surface area contributed by atoms with Gasteiger partial charge in [-0.05, 0) is 49.9 Å². The lowest BCUT2D eigenvalue weighted by molar-refractivity contribution is -0.521. The van der Waals surface area contributed by atoms with Crippen LogP contribution in [0.4, 0.5) is 26.3 Å². The first-order valence-electron chi connectivity index (χ1n) is 11.6. The molecule has 0 spiro atoms. The predicted octanol–water partition coefficient (Wildman–Crippen LogP) is 5.51. The zero-order valence-corrected chi connectivity index (χ0v) is 20.5. The summed E-state index contributed by atoms with van der Waals surface area (Å²) in [7, 11) is 2.01. The predicted molar refractivity (Wildman–Crippen MR) is 124 cm³/mol. The lowest BCUT2D eigenvalue weighted by Crippen LogP contribution is -2.53. The van der Waals surface area contributed by atoms with Crippen molar-refractivity contribution in [1.29, 1.82) is 0 Å². The monoisotopic (exact) mass is 517 g/mol. The summed E-state index contributed by atoms with van der Waals surface area (Å²) in [5.41, 5.74) is -5.44. The van der Waals surface area contributed by atoms with E-state index in [1.54, 1.807) is 30.3 Å². The van der Waals surface area contributed by atoms with E-state index >= 15 is 0 Å². The van der Waals surface area contributed by atoms with E-state index in [0.29, 0.717) is 18.1 Å². The Labute approximate surface area is 206 Å².